The molecule has 1 aromatic heterocycles. The van der Waals surface area contributed by atoms with Gasteiger partial charge < -0.3 is 9.73 Å². The second-order valence-electron chi connectivity index (χ2n) is 5.35. The highest BCUT2D eigenvalue weighted by molar-refractivity contribution is 6.32. The number of carbonyl (C=O) groups excluding carboxylic acids is 1. The van der Waals surface area contributed by atoms with E-state index in [0.717, 1.165) is 5.56 Å². The summed E-state index contributed by atoms with van der Waals surface area (Å²) in [6, 6.07) is 10.3. The third-order valence-corrected chi connectivity index (χ3v) is 4.07. The van der Waals surface area contributed by atoms with Crippen LogP contribution in [0.15, 0.2) is 51.7 Å². The predicted octanol–water partition coefficient (Wildman–Crippen LogP) is 3.82. The van der Waals surface area contributed by atoms with Crippen LogP contribution in [0, 0.1) is 12.7 Å². The van der Waals surface area contributed by atoms with Gasteiger partial charge in [0.25, 0.3) is 5.91 Å². The van der Waals surface area contributed by atoms with Crippen LogP contribution < -0.4 is 10.9 Å². The first-order valence-electron chi connectivity index (χ1n) is 7.21. The van der Waals surface area contributed by atoms with Gasteiger partial charge in [0, 0.05) is 23.0 Å². The van der Waals surface area contributed by atoms with Gasteiger partial charge in [0.2, 0.25) is 0 Å². The van der Waals surface area contributed by atoms with E-state index in [0.29, 0.717) is 21.6 Å². The monoisotopic (exact) mass is 345 g/mol. The van der Waals surface area contributed by atoms with E-state index in [9.17, 15) is 14.0 Å². The molecule has 0 saturated heterocycles. The number of hydrogen-bond donors (Lipinski definition) is 1. The second kappa shape index (κ2) is 6.45. The summed E-state index contributed by atoms with van der Waals surface area (Å²) >= 11 is 6.12. The van der Waals surface area contributed by atoms with Crippen LogP contribution in [0.3, 0.4) is 0 Å². The molecule has 0 radical (unpaired) electrons. The zero-order valence-electron chi connectivity index (χ0n) is 12.7. The molecule has 0 aliphatic rings. The molecule has 0 atom stereocenters. The summed E-state index contributed by atoms with van der Waals surface area (Å²) in [6.45, 7) is 1.85. The highest BCUT2D eigenvalue weighted by Crippen LogP contribution is 2.25. The molecule has 0 bridgehead atoms. The first kappa shape index (κ1) is 16.2. The summed E-state index contributed by atoms with van der Waals surface area (Å²) < 4.78 is 18.8. The standard InChI is InChI=1S/C18H13ClFNO3/c1-10-6-16-13(8-14(10)19)11(7-17(22)24-16)9-21-18(23)12-4-2-3-5-15(12)20/h2-8H,9H2,1H3,(H,21,23). The van der Waals surface area contributed by atoms with E-state index in [1.165, 1.54) is 24.3 Å². The molecular weight excluding hydrogens is 333 g/mol. The molecule has 1 heterocycles. The number of rotatable bonds is 3. The molecule has 2 aromatic carbocycles. The zero-order valence-corrected chi connectivity index (χ0v) is 13.5. The number of carbonyl (C=O) groups is 1. The Morgan fingerprint density at radius 1 is 1.25 bits per heavy atom. The summed E-state index contributed by atoms with van der Waals surface area (Å²) in [5, 5.41) is 3.76. The number of aryl methyl sites for hydroxylation is 1. The Balaban J connectivity index is 1.93. The SMILES string of the molecule is Cc1cc2oc(=O)cc(CNC(=O)c3ccccc3F)c2cc1Cl. The highest BCUT2D eigenvalue weighted by Gasteiger charge is 2.13. The average molecular weight is 346 g/mol. The lowest BCUT2D eigenvalue weighted by molar-refractivity contribution is 0.0947. The Bertz CT molecular complexity index is 997. The average Bonchev–Trinajstić information content (AvgIpc) is 2.54. The van der Waals surface area contributed by atoms with Crippen LogP contribution in [-0.4, -0.2) is 5.91 Å². The molecule has 0 aliphatic carbocycles. The van der Waals surface area contributed by atoms with Crippen LogP contribution in [0.1, 0.15) is 21.5 Å². The minimum atomic E-state index is -0.605. The van der Waals surface area contributed by atoms with Crippen LogP contribution in [-0.2, 0) is 6.54 Å². The second-order valence-corrected chi connectivity index (χ2v) is 5.76. The molecule has 3 aromatic rings. The van der Waals surface area contributed by atoms with Gasteiger partial charge in [-0.05, 0) is 42.3 Å². The third kappa shape index (κ3) is 3.16. The van der Waals surface area contributed by atoms with E-state index in [2.05, 4.69) is 5.32 Å². The fourth-order valence-corrected chi connectivity index (χ4v) is 2.57. The van der Waals surface area contributed by atoms with Crippen molar-refractivity contribution in [3.8, 4) is 0 Å². The van der Waals surface area contributed by atoms with Gasteiger partial charge in [0.15, 0.2) is 0 Å². The van der Waals surface area contributed by atoms with Gasteiger partial charge in [-0.3, -0.25) is 4.79 Å². The number of nitrogens with one attached hydrogen (secondary N) is 1. The van der Waals surface area contributed by atoms with Crippen LogP contribution in [0.5, 0.6) is 0 Å². The highest BCUT2D eigenvalue weighted by atomic mass is 35.5. The molecule has 0 fully saturated rings. The smallest absolute Gasteiger partial charge is 0.336 e. The third-order valence-electron chi connectivity index (χ3n) is 3.67. The van der Waals surface area contributed by atoms with Crippen molar-refractivity contribution in [1.29, 1.82) is 0 Å². The predicted molar refractivity (Wildman–Crippen MR) is 89.8 cm³/mol. The maximum atomic E-state index is 13.6. The van der Waals surface area contributed by atoms with Gasteiger partial charge in [-0.25, -0.2) is 9.18 Å². The van der Waals surface area contributed by atoms with Crippen molar-refractivity contribution in [2.24, 2.45) is 0 Å². The Labute approximate surface area is 141 Å². The summed E-state index contributed by atoms with van der Waals surface area (Å²) in [4.78, 5) is 23.8. The fourth-order valence-electron chi connectivity index (χ4n) is 2.41. The van der Waals surface area contributed by atoms with E-state index in [-0.39, 0.29) is 12.1 Å². The molecule has 1 N–H and O–H groups in total. The van der Waals surface area contributed by atoms with Crippen molar-refractivity contribution in [2.45, 2.75) is 13.5 Å². The molecular formula is C18H13ClFNO3. The molecule has 3 rings (SSSR count). The molecule has 24 heavy (non-hydrogen) atoms. The van der Waals surface area contributed by atoms with E-state index in [1.54, 1.807) is 25.1 Å². The van der Waals surface area contributed by atoms with Crippen LogP contribution in [0.2, 0.25) is 5.02 Å². The Morgan fingerprint density at radius 2 is 2.00 bits per heavy atom. The number of hydrogen-bond acceptors (Lipinski definition) is 3. The van der Waals surface area contributed by atoms with E-state index in [4.69, 9.17) is 16.0 Å². The minimum absolute atomic E-state index is 0.0503. The first-order chi connectivity index (χ1) is 11.5. The number of amides is 1. The minimum Gasteiger partial charge on any atom is -0.423 e. The molecule has 0 spiro atoms. The normalized spacial score (nSPS) is 10.8. The molecule has 122 valence electrons. The topological polar surface area (TPSA) is 59.3 Å². The first-order valence-corrected chi connectivity index (χ1v) is 7.59. The lowest BCUT2D eigenvalue weighted by atomic mass is 10.1. The Kier molecular flexibility index (Phi) is 4.36. The lowest BCUT2D eigenvalue weighted by Gasteiger charge is -2.09. The maximum absolute atomic E-state index is 13.6. The maximum Gasteiger partial charge on any atom is 0.336 e. The van der Waals surface area contributed by atoms with Crippen LogP contribution in [0.4, 0.5) is 4.39 Å². The largest absolute Gasteiger partial charge is 0.423 e. The molecule has 1 amide bonds. The van der Waals surface area contributed by atoms with Gasteiger partial charge in [0.1, 0.15) is 11.4 Å². The summed E-state index contributed by atoms with van der Waals surface area (Å²) in [6.07, 6.45) is 0. The lowest BCUT2D eigenvalue weighted by Crippen LogP contribution is -2.24. The zero-order chi connectivity index (χ0) is 17.3. The van der Waals surface area contributed by atoms with Crippen molar-refractivity contribution >= 4 is 28.5 Å². The number of fused-ring (bicyclic) bond motifs is 1. The number of halogens is 2. The Morgan fingerprint density at radius 3 is 2.75 bits per heavy atom. The molecule has 6 heteroatoms. The van der Waals surface area contributed by atoms with Gasteiger partial charge in [0.05, 0.1) is 5.56 Å². The van der Waals surface area contributed by atoms with E-state index in [1.807, 2.05) is 0 Å². The van der Waals surface area contributed by atoms with Crippen molar-refractivity contribution < 1.29 is 13.6 Å². The fraction of sp³-hybridized carbons (Fsp3) is 0.111. The van der Waals surface area contributed by atoms with Crippen molar-refractivity contribution in [1.82, 2.24) is 5.32 Å². The van der Waals surface area contributed by atoms with Gasteiger partial charge in [-0.1, -0.05) is 23.7 Å². The Hall–Kier alpha value is -2.66. The van der Waals surface area contributed by atoms with E-state index < -0.39 is 17.3 Å². The van der Waals surface area contributed by atoms with Crippen molar-refractivity contribution in [3.63, 3.8) is 0 Å². The van der Waals surface area contributed by atoms with Gasteiger partial charge >= 0.3 is 5.63 Å². The van der Waals surface area contributed by atoms with Crippen molar-refractivity contribution in [3.05, 3.63) is 80.4 Å². The molecule has 4 nitrogen and oxygen atoms in total. The van der Waals surface area contributed by atoms with Gasteiger partial charge in [-0.2, -0.15) is 0 Å². The van der Waals surface area contributed by atoms with Crippen LogP contribution >= 0.6 is 11.6 Å². The van der Waals surface area contributed by atoms with Gasteiger partial charge in [-0.15, -0.1) is 0 Å². The van der Waals surface area contributed by atoms with Crippen LogP contribution in [0.25, 0.3) is 11.0 Å². The summed E-state index contributed by atoms with van der Waals surface area (Å²) in [7, 11) is 0. The van der Waals surface area contributed by atoms with E-state index >= 15 is 0 Å². The summed E-state index contributed by atoms with van der Waals surface area (Å²) in [5.41, 5.74) is 1.13. The number of benzene rings is 2. The molecule has 0 aliphatic heterocycles. The molecule has 0 unspecified atom stereocenters. The summed E-state index contributed by atoms with van der Waals surface area (Å²) in [5.74, 6) is -1.17. The quantitative estimate of drug-likeness (QED) is 0.734. The molecule has 0 saturated carbocycles. The van der Waals surface area contributed by atoms with Crippen molar-refractivity contribution in [2.75, 3.05) is 0 Å².